The Morgan fingerprint density at radius 2 is 1.88 bits per heavy atom. The number of hydrogen-bond donors (Lipinski definition) is 0. The number of fused-ring (bicyclic) bond motifs is 2. The molecule has 2 aromatic carbocycles. The standard InChI is InChI=1S/C26H29NO6/c1-5-6-25(28)27-10-9-17-12-23(30-3)24(31-4)14-20(17)21(27)15-32-18-7-8-19-16(2)11-26(29)33-22(19)13-18/h7-8,11-14,21H,5-6,9-10,15H2,1-4H3/t21-/m0/s1. The summed E-state index contributed by atoms with van der Waals surface area (Å²) in [5, 5.41) is 0.863. The maximum atomic E-state index is 12.9. The first-order valence-electron chi connectivity index (χ1n) is 11.2. The van der Waals surface area contributed by atoms with Crippen LogP contribution in [0.15, 0.2) is 45.6 Å². The van der Waals surface area contributed by atoms with Gasteiger partial charge in [0.15, 0.2) is 11.5 Å². The second kappa shape index (κ2) is 9.57. The maximum Gasteiger partial charge on any atom is 0.336 e. The summed E-state index contributed by atoms with van der Waals surface area (Å²) >= 11 is 0. The summed E-state index contributed by atoms with van der Waals surface area (Å²) in [5.74, 6) is 1.97. The highest BCUT2D eigenvalue weighted by Crippen LogP contribution is 2.39. The summed E-state index contributed by atoms with van der Waals surface area (Å²) in [6, 6.07) is 10.6. The van der Waals surface area contributed by atoms with Crippen LogP contribution in [0.5, 0.6) is 17.2 Å². The highest BCUT2D eigenvalue weighted by molar-refractivity contribution is 5.81. The van der Waals surface area contributed by atoms with Crippen LogP contribution in [-0.2, 0) is 11.2 Å². The third kappa shape index (κ3) is 4.53. The van der Waals surface area contributed by atoms with Crippen LogP contribution < -0.4 is 19.8 Å². The molecule has 1 aromatic heterocycles. The van der Waals surface area contributed by atoms with Crippen molar-refractivity contribution in [1.82, 2.24) is 4.90 Å². The predicted molar refractivity (Wildman–Crippen MR) is 125 cm³/mol. The Morgan fingerprint density at radius 3 is 2.61 bits per heavy atom. The van der Waals surface area contributed by atoms with E-state index in [4.69, 9.17) is 18.6 Å². The van der Waals surface area contributed by atoms with E-state index in [2.05, 4.69) is 0 Å². The average molecular weight is 452 g/mol. The molecule has 1 aliphatic heterocycles. The molecule has 0 saturated carbocycles. The topological polar surface area (TPSA) is 78.2 Å². The van der Waals surface area contributed by atoms with Crippen LogP contribution in [0, 0.1) is 6.92 Å². The van der Waals surface area contributed by atoms with Gasteiger partial charge in [-0.25, -0.2) is 4.79 Å². The first-order valence-corrected chi connectivity index (χ1v) is 11.2. The predicted octanol–water partition coefficient (Wildman–Crippen LogP) is 4.42. The first kappa shape index (κ1) is 22.7. The molecular weight excluding hydrogens is 422 g/mol. The molecule has 0 fully saturated rings. The molecule has 1 atom stereocenters. The van der Waals surface area contributed by atoms with E-state index in [1.807, 2.05) is 43.0 Å². The minimum Gasteiger partial charge on any atom is -0.493 e. The Balaban J connectivity index is 1.67. The molecule has 7 nitrogen and oxygen atoms in total. The van der Waals surface area contributed by atoms with Crippen LogP contribution in [-0.4, -0.2) is 38.2 Å². The zero-order valence-corrected chi connectivity index (χ0v) is 19.5. The number of nitrogens with zero attached hydrogens (tertiary/aromatic N) is 1. The van der Waals surface area contributed by atoms with Gasteiger partial charge in [0.05, 0.1) is 20.3 Å². The molecule has 33 heavy (non-hydrogen) atoms. The van der Waals surface area contributed by atoms with Gasteiger partial charge in [0.2, 0.25) is 5.91 Å². The summed E-state index contributed by atoms with van der Waals surface area (Å²) in [6.07, 6.45) is 2.01. The largest absolute Gasteiger partial charge is 0.493 e. The van der Waals surface area contributed by atoms with Crippen LogP contribution in [0.25, 0.3) is 11.0 Å². The van der Waals surface area contributed by atoms with E-state index < -0.39 is 5.63 Å². The van der Waals surface area contributed by atoms with Gasteiger partial charge in [0, 0.05) is 30.5 Å². The first-order chi connectivity index (χ1) is 15.9. The quantitative estimate of drug-likeness (QED) is 0.495. The molecule has 1 amide bonds. The van der Waals surface area contributed by atoms with Crippen LogP contribution in [0.3, 0.4) is 0 Å². The van der Waals surface area contributed by atoms with Crippen molar-refractivity contribution in [3.05, 3.63) is 63.5 Å². The molecule has 0 unspecified atom stereocenters. The molecule has 1 aliphatic rings. The van der Waals surface area contributed by atoms with Gasteiger partial charge >= 0.3 is 5.63 Å². The van der Waals surface area contributed by atoms with Crippen molar-refractivity contribution in [3.8, 4) is 17.2 Å². The van der Waals surface area contributed by atoms with Crippen molar-refractivity contribution in [2.45, 2.75) is 39.2 Å². The monoisotopic (exact) mass is 451 g/mol. The van der Waals surface area contributed by atoms with E-state index in [0.29, 0.717) is 35.8 Å². The van der Waals surface area contributed by atoms with E-state index in [-0.39, 0.29) is 18.6 Å². The van der Waals surface area contributed by atoms with Gasteiger partial charge < -0.3 is 23.5 Å². The number of methoxy groups -OCH3 is 2. The average Bonchev–Trinajstić information content (AvgIpc) is 2.81. The van der Waals surface area contributed by atoms with Gasteiger partial charge in [0.1, 0.15) is 17.9 Å². The van der Waals surface area contributed by atoms with Gasteiger partial charge in [-0.05, 0) is 60.7 Å². The molecule has 3 aromatic rings. The molecule has 0 radical (unpaired) electrons. The fourth-order valence-electron chi connectivity index (χ4n) is 4.43. The van der Waals surface area contributed by atoms with Crippen LogP contribution >= 0.6 is 0 Å². The van der Waals surface area contributed by atoms with Gasteiger partial charge in [-0.2, -0.15) is 0 Å². The molecule has 0 saturated heterocycles. The molecule has 0 spiro atoms. The van der Waals surface area contributed by atoms with E-state index in [0.717, 1.165) is 34.9 Å². The fraction of sp³-hybridized carbons (Fsp3) is 0.385. The number of benzene rings is 2. The van der Waals surface area contributed by atoms with E-state index in [9.17, 15) is 9.59 Å². The Morgan fingerprint density at radius 1 is 1.12 bits per heavy atom. The van der Waals surface area contributed by atoms with Gasteiger partial charge in [0.25, 0.3) is 0 Å². The van der Waals surface area contributed by atoms with Crippen LogP contribution in [0.2, 0.25) is 0 Å². The third-order valence-corrected chi connectivity index (χ3v) is 6.12. The van der Waals surface area contributed by atoms with Crippen molar-refractivity contribution in [2.24, 2.45) is 0 Å². The summed E-state index contributed by atoms with van der Waals surface area (Å²) in [7, 11) is 3.22. The normalized spacial score (nSPS) is 15.3. The number of rotatable bonds is 7. The van der Waals surface area contributed by atoms with Crippen molar-refractivity contribution < 1.29 is 23.4 Å². The second-order valence-corrected chi connectivity index (χ2v) is 8.23. The lowest BCUT2D eigenvalue weighted by atomic mass is 9.91. The molecule has 0 bridgehead atoms. The number of ether oxygens (including phenoxy) is 3. The van der Waals surface area contributed by atoms with Crippen LogP contribution in [0.4, 0.5) is 0 Å². The number of carbonyl (C=O) groups excluding carboxylic acids is 1. The number of hydrogen-bond acceptors (Lipinski definition) is 6. The molecule has 7 heteroatoms. The maximum absolute atomic E-state index is 12.9. The Labute approximate surface area is 192 Å². The van der Waals surface area contributed by atoms with E-state index in [1.54, 1.807) is 20.3 Å². The summed E-state index contributed by atoms with van der Waals surface area (Å²) in [4.78, 5) is 26.6. The molecule has 174 valence electrons. The SMILES string of the molecule is CCCC(=O)N1CCc2cc(OC)c(OC)cc2[C@@H]1COc1ccc2c(C)cc(=O)oc2c1. The lowest BCUT2D eigenvalue weighted by Gasteiger charge is -2.37. The number of amides is 1. The van der Waals surface area contributed by atoms with E-state index >= 15 is 0 Å². The lowest BCUT2D eigenvalue weighted by Crippen LogP contribution is -2.42. The van der Waals surface area contributed by atoms with Crippen LogP contribution in [0.1, 0.15) is 42.5 Å². The zero-order chi connectivity index (χ0) is 23.5. The number of carbonyl (C=O) groups is 1. The van der Waals surface area contributed by atoms with Gasteiger partial charge in [-0.15, -0.1) is 0 Å². The highest BCUT2D eigenvalue weighted by Gasteiger charge is 2.32. The number of aryl methyl sites for hydroxylation is 1. The van der Waals surface area contributed by atoms with Crippen molar-refractivity contribution in [3.63, 3.8) is 0 Å². The summed E-state index contributed by atoms with van der Waals surface area (Å²) in [5.41, 5.74) is 3.04. The van der Waals surface area contributed by atoms with Gasteiger partial charge in [-0.1, -0.05) is 6.92 Å². The highest BCUT2D eigenvalue weighted by atomic mass is 16.5. The molecule has 0 aliphatic carbocycles. The minimum absolute atomic E-state index is 0.103. The Kier molecular flexibility index (Phi) is 6.58. The molecule has 2 heterocycles. The second-order valence-electron chi connectivity index (χ2n) is 8.23. The minimum atomic E-state index is -0.393. The van der Waals surface area contributed by atoms with Crippen molar-refractivity contribution in [1.29, 1.82) is 0 Å². The van der Waals surface area contributed by atoms with Crippen molar-refractivity contribution >= 4 is 16.9 Å². The summed E-state index contributed by atoms with van der Waals surface area (Å²) in [6.45, 7) is 4.75. The summed E-state index contributed by atoms with van der Waals surface area (Å²) < 4.78 is 22.5. The molecule has 0 N–H and O–H groups in total. The molecule has 4 rings (SSSR count). The molecular formula is C26H29NO6. The van der Waals surface area contributed by atoms with Gasteiger partial charge in [-0.3, -0.25) is 4.79 Å². The Bertz CT molecular complexity index is 1230. The smallest absolute Gasteiger partial charge is 0.336 e. The van der Waals surface area contributed by atoms with Crippen molar-refractivity contribution in [2.75, 3.05) is 27.4 Å². The van der Waals surface area contributed by atoms with E-state index in [1.165, 1.54) is 6.07 Å². The fourth-order valence-corrected chi connectivity index (χ4v) is 4.43. The lowest BCUT2D eigenvalue weighted by molar-refractivity contribution is -0.135. The third-order valence-electron chi connectivity index (χ3n) is 6.12. The Hall–Kier alpha value is -3.48. The zero-order valence-electron chi connectivity index (χ0n) is 19.5.